The van der Waals surface area contributed by atoms with Gasteiger partial charge in [0.15, 0.2) is 0 Å². The summed E-state index contributed by atoms with van der Waals surface area (Å²) in [5.41, 5.74) is 0. The van der Waals surface area contributed by atoms with Gasteiger partial charge >= 0.3 is 0 Å². The Morgan fingerprint density at radius 3 is 0.714 bits per heavy atom. The van der Waals surface area contributed by atoms with E-state index in [1.54, 1.807) is 0 Å². The van der Waals surface area contributed by atoms with Gasteiger partial charge in [-0.2, -0.15) is 0 Å². The van der Waals surface area contributed by atoms with Gasteiger partial charge in [0.2, 0.25) is 0 Å². The van der Waals surface area contributed by atoms with Crippen molar-refractivity contribution in [2.24, 2.45) is 0 Å². The van der Waals surface area contributed by atoms with Crippen LogP contribution in [0.5, 0.6) is 0 Å². The first-order valence-corrected chi connectivity index (χ1v) is 3.00. The molecule has 0 atom stereocenters. The molecule has 0 saturated heterocycles. The van der Waals surface area contributed by atoms with Gasteiger partial charge < -0.3 is 0 Å². The Morgan fingerprint density at radius 1 is 0.429 bits per heavy atom. The van der Waals surface area contributed by atoms with Crippen LogP contribution < -0.4 is 0 Å². The van der Waals surface area contributed by atoms with Crippen molar-refractivity contribution in [1.29, 1.82) is 0 Å². The van der Waals surface area contributed by atoms with Crippen LogP contribution in [0.2, 0.25) is 0 Å². The first kappa shape index (κ1) is 8.48. The third-order valence-electron chi connectivity index (χ3n) is 1.50. The third kappa shape index (κ3) is 4.02. The predicted molar refractivity (Wildman–Crippen MR) is 33.5 cm³/mol. The number of rotatable bonds is 0. The SMILES string of the molecule is C1CCCCC1.[Sr]. The van der Waals surface area contributed by atoms with Crippen molar-refractivity contribution in [2.45, 2.75) is 38.5 Å². The molecule has 1 aliphatic carbocycles. The fourth-order valence-corrected chi connectivity index (χ4v) is 1.06. The van der Waals surface area contributed by atoms with Gasteiger partial charge in [-0.15, -0.1) is 0 Å². The Balaban J connectivity index is 0.000000360. The average Bonchev–Trinajstić information content (AvgIpc) is 1.72. The van der Waals surface area contributed by atoms with Crippen LogP contribution in [0, 0.1) is 0 Å². The molecule has 1 heteroatoms. The standard InChI is InChI=1S/C6H12.Sr/c1-2-4-6-5-3-1;/h1-6H2;. The molecule has 0 heterocycles. The Labute approximate surface area is 82.9 Å². The molecule has 0 aromatic rings. The molecule has 0 nitrogen and oxygen atoms in total. The van der Waals surface area contributed by atoms with Crippen LogP contribution >= 0.6 is 0 Å². The zero-order valence-electron chi connectivity index (χ0n) is 4.95. The fraction of sp³-hybridized carbons (Fsp3) is 1.00. The van der Waals surface area contributed by atoms with Crippen LogP contribution in [0.4, 0.5) is 0 Å². The minimum atomic E-state index is 0. The van der Waals surface area contributed by atoms with Gasteiger partial charge in [0.05, 0.1) is 0 Å². The molecule has 0 N–H and O–H groups in total. The molecule has 1 saturated carbocycles. The van der Waals surface area contributed by atoms with Crippen molar-refractivity contribution >= 4 is 45.5 Å². The quantitative estimate of drug-likeness (QED) is 0.489. The molecular formula is C6H12Sr. The summed E-state index contributed by atoms with van der Waals surface area (Å²) >= 11 is 0. The largest absolute Gasteiger partial charge is 0.0533 e. The Kier molecular flexibility index (Phi) is 6.80. The van der Waals surface area contributed by atoms with Crippen LogP contribution in [-0.2, 0) is 0 Å². The van der Waals surface area contributed by atoms with E-state index < -0.39 is 0 Å². The summed E-state index contributed by atoms with van der Waals surface area (Å²) < 4.78 is 0. The maximum atomic E-state index is 1.50. The van der Waals surface area contributed by atoms with E-state index in [2.05, 4.69) is 0 Å². The van der Waals surface area contributed by atoms with Gasteiger partial charge in [0.25, 0.3) is 0 Å². The second-order valence-corrected chi connectivity index (χ2v) is 2.12. The minimum Gasteiger partial charge on any atom is -0.0533 e. The van der Waals surface area contributed by atoms with E-state index in [9.17, 15) is 0 Å². The van der Waals surface area contributed by atoms with E-state index in [1.165, 1.54) is 38.5 Å². The predicted octanol–water partition coefficient (Wildman–Crippen LogP) is 1.96. The maximum Gasteiger partial charge on any atom is 0 e. The fourth-order valence-electron chi connectivity index (χ4n) is 1.06. The van der Waals surface area contributed by atoms with Crippen molar-refractivity contribution < 1.29 is 0 Å². The zero-order valence-corrected chi connectivity index (χ0v) is 8.43. The summed E-state index contributed by atoms with van der Waals surface area (Å²) in [5.74, 6) is 0. The molecule has 38 valence electrons. The van der Waals surface area contributed by atoms with Crippen LogP contribution in [0.3, 0.4) is 0 Å². The molecule has 0 spiro atoms. The van der Waals surface area contributed by atoms with Gasteiger partial charge in [-0.3, -0.25) is 0 Å². The van der Waals surface area contributed by atoms with Crippen molar-refractivity contribution in [2.75, 3.05) is 0 Å². The van der Waals surface area contributed by atoms with Crippen LogP contribution in [0.15, 0.2) is 0 Å². The van der Waals surface area contributed by atoms with E-state index in [0.29, 0.717) is 0 Å². The van der Waals surface area contributed by atoms with Crippen molar-refractivity contribution in [3.63, 3.8) is 0 Å². The van der Waals surface area contributed by atoms with Gasteiger partial charge in [-0.25, -0.2) is 0 Å². The maximum absolute atomic E-state index is 1.50. The molecular weight excluding hydrogens is 160 g/mol. The summed E-state index contributed by atoms with van der Waals surface area (Å²) in [7, 11) is 0. The first-order valence-electron chi connectivity index (χ1n) is 3.00. The van der Waals surface area contributed by atoms with E-state index in [-0.39, 0.29) is 45.5 Å². The van der Waals surface area contributed by atoms with E-state index in [0.717, 1.165) is 0 Å². The van der Waals surface area contributed by atoms with Crippen molar-refractivity contribution in [1.82, 2.24) is 0 Å². The van der Waals surface area contributed by atoms with Crippen LogP contribution in [0.25, 0.3) is 0 Å². The third-order valence-corrected chi connectivity index (χ3v) is 1.50. The van der Waals surface area contributed by atoms with Gasteiger partial charge in [-0.1, -0.05) is 38.5 Å². The van der Waals surface area contributed by atoms with Crippen molar-refractivity contribution in [3.05, 3.63) is 0 Å². The normalized spacial score (nSPS) is 20.6. The molecule has 0 aliphatic heterocycles. The second kappa shape index (κ2) is 5.61. The van der Waals surface area contributed by atoms with Crippen LogP contribution in [-0.4, -0.2) is 45.5 Å². The van der Waals surface area contributed by atoms with Crippen molar-refractivity contribution in [3.8, 4) is 0 Å². The van der Waals surface area contributed by atoms with Crippen LogP contribution in [0.1, 0.15) is 38.5 Å². The summed E-state index contributed by atoms with van der Waals surface area (Å²) in [6.07, 6.45) is 9.00. The molecule has 0 aromatic carbocycles. The van der Waals surface area contributed by atoms with Gasteiger partial charge in [-0.05, 0) is 0 Å². The smallest absolute Gasteiger partial charge is 0 e. The van der Waals surface area contributed by atoms with E-state index in [1.807, 2.05) is 0 Å². The molecule has 0 amide bonds. The molecule has 7 heavy (non-hydrogen) atoms. The molecule has 1 rings (SSSR count). The number of hydrogen-bond donors (Lipinski definition) is 0. The Hall–Kier alpha value is 1.48. The summed E-state index contributed by atoms with van der Waals surface area (Å²) in [5, 5.41) is 0. The summed E-state index contributed by atoms with van der Waals surface area (Å²) in [6, 6.07) is 0. The topological polar surface area (TPSA) is 0 Å². The minimum absolute atomic E-state index is 0. The molecule has 1 aliphatic rings. The second-order valence-electron chi connectivity index (χ2n) is 2.12. The Morgan fingerprint density at radius 2 is 0.571 bits per heavy atom. The molecule has 1 fully saturated rings. The Bertz CT molecular complexity index is 19.7. The van der Waals surface area contributed by atoms with E-state index >= 15 is 0 Å². The average molecular weight is 172 g/mol. The zero-order chi connectivity index (χ0) is 4.24. The first-order chi connectivity index (χ1) is 3.00. The number of hydrogen-bond acceptors (Lipinski definition) is 0. The molecule has 0 unspecified atom stereocenters. The van der Waals surface area contributed by atoms with Gasteiger partial charge in [0, 0.05) is 45.5 Å². The van der Waals surface area contributed by atoms with Gasteiger partial charge in [0.1, 0.15) is 0 Å². The monoisotopic (exact) mass is 172 g/mol. The molecule has 0 aromatic heterocycles. The van der Waals surface area contributed by atoms with E-state index in [4.69, 9.17) is 0 Å². The summed E-state index contributed by atoms with van der Waals surface area (Å²) in [4.78, 5) is 0. The summed E-state index contributed by atoms with van der Waals surface area (Å²) in [6.45, 7) is 0. The molecule has 0 bridgehead atoms. The molecule has 2 radical (unpaired) electrons.